The van der Waals surface area contributed by atoms with Crippen LogP contribution in [0.3, 0.4) is 0 Å². The van der Waals surface area contributed by atoms with Crippen molar-refractivity contribution in [3.05, 3.63) is 53.1 Å². The van der Waals surface area contributed by atoms with Gasteiger partial charge in [0.25, 0.3) is 0 Å². The summed E-state index contributed by atoms with van der Waals surface area (Å²) in [5.74, 6) is 0. The number of benzene rings is 1. The Hall–Kier alpha value is -0.910. The van der Waals surface area contributed by atoms with Gasteiger partial charge in [-0.2, -0.15) is 0 Å². The number of hydrogen-bond acceptors (Lipinski definition) is 1. The molecular weight excluding hydrogens is 443 g/mol. The highest BCUT2D eigenvalue weighted by atomic mass is 31.1. The molecule has 0 spiro atoms. The van der Waals surface area contributed by atoms with Crippen LogP contribution in [0.25, 0.3) is 5.57 Å². The molecule has 2 fully saturated rings. The van der Waals surface area contributed by atoms with Crippen molar-refractivity contribution in [3.8, 4) is 0 Å². The van der Waals surface area contributed by atoms with Crippen LogP contribution in [0.4, 0.5) is 0 Å². The molecule has 0 saturated heterocycles. The van der Waals surface area contributed by atoms with E-state index in [2.05, 4.69) is 85.1 Å². The van der Waals surface area contributed by atoms with Gasteiger partial charge in [0.2, 0.25) is 0 Å². The summed E-state index contributed by atoms with van der Waals surface area (Å²) in [6, 6.07) is 9.23. The number of allylic oxidation sites excluding steroid dienone is 2. The Labute approximate surface area is 218 Å². The van der Waals surface area contributed by atoms with Crippen molar-refractivity contribution in [3.63, 3.8) is 0 Å². The number of hydrogen-bond donors (Lipinski definition) is 0. The van der Waals surface area contributed by atoms with E-state index in [1.165, 1.54) is 80.9 Å². The molecule has 0 aliphatic heterocycles. The van der Waals surface area contributed by atoms with Gasteiger partial charge in [-0.15, -0.1) is 0 Å². The van der Waals surface area contributed by atoms with E-state index in [-0.39, 0.29) is 24.1 Å². The number of rotatable bonds is 5. The summed E-state index contributed by atoms with van der Waals surface area (Å²) < 4.78 is 7.03. The maximum atomic E-state index is 7.03. The maximum absolute atomic E-state index is 7.03. The topological polar surface area (TPSA) is 9.23 Å². The van der Waals surface area contributed by atoms with Crippen LogP contribution in [0.1, 0.15) is 123 Å². The van der Waals surface area contributed by atoms with Crippen molar-refractivity contribution in [1.29, 1.82) is 0 Å². The molecule has 2 heteroatoms. The van der Waals surface area contributed by atoms with Crippen LogP contribution in [0, 0.1) is 5.41 Å². The van der Waals surface area contributed by atoms with Crippen LogP contribution in [-0.4, -0.2) is 23.8 Å². The molecule has 2 saturated carbocycles. The molecule has 1 unspecified atom stereocenters. The zero-order valence-corrected chi connectivity index (χ0v) is 24.6. The van der Waals surface area contributed by atoms with E-state index in [1.807, 2.05) is 0 Å². The summed E-state index contributed by atoms with van der Waals surface area (Å²) in [5, 5.41) is -0.182. The third-order valence-electron chi connectivity index (χ3n) is 8.98. The van der Waals surface area contributed by atoms with Crippen LogP contribution in [-0.2, 0) is 10.2 Å². The summed E-state index contributed by atoms with van der Waals surface area (Å²) >= 11 is 0. The van der Waals surface area contributed by atoms with Crippen LogP contribution in [0.5, 0.6) is 0 Å². The summed E-state index contributed by atoms with van der Waals surface area (Å²) in [5.41, 5.74) is 7.89. The molecule has 3 aliphatic rings. The second-order valence-corrected chi connectivity index (χ2v) is 16.5. The lowest BCUT2D eigenvalue weighted by molar-refractivity contribution is 0.105. The molecule has 0 aromatic heterocycles. The predicted molar refractivity (Wildman–Crippen MR) is 156 cm³/mol. The average Bonchev–Trinajstić information content (AvgIpc) is 2.84. The third kappa shape index (κ3) is 5.67. The predicted octanol–water partition coefficient (Wildman–Crippen LogP) is 10.2. The molecule has 0 radical (unpaired) electrons. The van der Waals surface area contributed by atoms with Gasteiger partial charge < -0.3 is 4.74 Å². The van der Waals surface area contributed by atoms with Gasteiger partial charge in [0.05, 0.1) is 0 Å². The monoisotopic (exact) mass is 494 g/mol. The van der Waals surface area contributed by atoms with Crippen LogP contribution < -0.4 is 0 Å². The van der Waals surface area contributed by atoms with E-state index in [0.717, 1.165) is 17.7 Å². The van der Waals surface area contributed by atoms with E-state index < -0.39 is 0 Å². The molecule has 1 aromatic carbocycles. The van der Waals surface area contributed by atoms with E-state index >= 15 is 0 Å². The highest BCUT2D eigenvalue weighted by Crippen LogP contribution is 2.70. The molecule has 1 nitrogen and oxygen atoms in total. The van der Waals surface area contributed by atoms with Crippen molar-refractivity contribution in [2.45, 2.75) is 134 Å². The summed E-state index contributed by atoms with van der Waals surface area (Å²) in [7, 11) is 1.74. The van der Waals surface area contributed by atoms with Crippen LogP contribution >= 0.6 is 7.92 Å². The van der Waals surface area contributed by atoms with Gasteiger partial charge in [-0.25, -0.2) is 0 Å². The first-order chi connectivity index (χ1) is 16.6. The second kappa shape index (κ2) is 10.8. The number of ether oxygens (including phenoxy) is 1. The zero-order chi connectivity index (χ0) is 25.3. The van der Waals surface area contributed by atoms with Gasteiger partial charge in [0.15, 0.2) is 0 Å². The molecule has 1 atom stereocenters. The fraction of sp³-hybridized carbons (Fsp3) is 0.697. The minimum Gasteiger partial charge on any atom is -0.369 e. The van der Waals surface area contributed by atoms with E-state index in [1.54, 1.807) is 5.57 Å². The molecule has 0 bridgehead atoms. The van der Waals surface area contributed by atoms with Crippen LogP contribution in [0.15, 0.2) is 42.0 Å². The average molecular weight is 495 g/mol. The molecule has 3 aliphatic carbocycles. The Morgan fingerprint density at radius 3 is 1.77 bits per heavy atom. The Kier molecular flexibility index (Phi) is 8.40. The first kappa shape index (κ1) is 27.1. The Morgan fingerprint density at radius 2 is 1.29 bits per heavy atom. The van der Waals surface area contributed by atoms with Crippen molar-refractivity contribution in [2.24, 2.45) is 5.41 Å². The molecule has 1 aromatic rings. The van der Waals surface area contributed by atoms with Crippen LogP contribution in [0.2, 0.25) is 0 Å². The van der Waals surface area contributed by atoms with E-state index in [9.17, 15) is 0 Å². The smallest absolute Gasteiger partial charge is 0.116 e. The maximum Gasteiger partial charge on any atom is 0.116 e. The van der Waals surface area contributed by atoms with E-state index in [0.29, 0.717) is 0 Å². The molecule has 0 heterocycles. The zero-order valence-electron chi connectivity index (χ0n) is 23.8. The van der Waals surface area contributed by atoms with Crippen molar-refractivity contribution in [2.75, 3.05) is 7.11 Å². The lowest BCUT2D eigenvalue weighted by Gasteiger charge is -2.53. The SMILES string of the molecule is COC1(P(C2CCCCC2)C2CCCCC2)CC(C(C)(C)C)=CC=C1c1ccccc1C(C)(C)C. The molecule has 4 rings (SSSR count). The molecule has 35 heavy (non-hydrogen) atoms. The standard InChI is InChI=1S/C33H51OP/c1-31(2,3)25-22-23-30(28-20-14-15-21-29(28)32(4,5)6)33(24-25,34-7)35(26-16-10-8-11-17-26)27-18-12-9-13-19-27/h14-15,20-23,26-27H,8-13,16-19,24H2,1-7H3. The fourth-order valence-electron chi connectivity index (χ4n) is 7.04. The Morgan fingerprint density at radius 1 is 0.743 bits per heavy atom. The van der Waals surface area contributed by atoms with E-state index in [4.69, 9.17) is 4.74 Å². The van der Waals surface area contributed by atoms with Crippen molar-refractivity contribution in [1.82, 2.24) is 0 Å². The summed E-state index contributed by atoms with van der Waals surface area (Å²) in [4.78, 5) is 0. The Bertz CT molecular complexity index is 897. The highest BCUT2D eigenvalue weighted by molar-refractivity contribution is 7.61. The molecule has 0 N–H and O–H groups in total. The van der Waals surface area contributed by atoms with Gasteiger partial charge in [0.1, 0.15) is 5.34 Å². The minimum atomic E-state index is -0.316. The summed E-state index contributed by atoms with van der Waals surface area (Å²) in [6.45, 7) is 14.3. The lowest BCUT2D eigenvalue weighted by atomic mass is 9.75. The number of methoxy groups -OCH3 is 1. The highest BCUT2D eigenvalue weighted by Gasteiger charge is 2.52. The summed E-state index contributed by atoms with van der Waals surface area (Å²) in [6.07, 6.45) is 20.2. The minimum absolute atomic E-state index is 0.101. The van der Waals surface area contributed by atoms with Gasteiger partial charge >= 0.3 is 0 Å². The molecular formula is C33H51OP. The normalized spacial score (nSPS) is 25.5. The van der Waals surface area contributed by atoms with Gasteiger partial charge in [-0.05, 0) is 64.5 Å². The lowest BCUT2D eigenvalue weighted by Crippen LogP contribution is -2.42. The van der Waals surface area contributed by atoms with Gasteiger partial charge in [-0.1, -0.05) is 130 Å². The largest absolute Gasteiger partial charge is 0.369 e. The van der Waals surface area contributed by atoms with Gasteiger partial charge in [-0.3, -0.25) is 0 Å². The van der Waals surface area contributed by atoms with Crippen molar-refractivity contribution < 1.29 is 4.74 Å². The van der Waals surface area contributed by atoms with Crippen molar-refractivity contribution >= 4 is 13.5 Å². The fourth-order valence-corrected chi connectivity index (χ4v) is 11.7. The Balaban J connectivity index is 1.93. The van der Waals surface area contributed by atoms with Gasteiger partial charge in [0, 0.05) is 13.5 Å². The molecule has 194 valence electrons. The quantitative estimate of drug-likeness (QED) is 0.370. The first-order valence-corrected chi connectivity index (χ1v) is 15.9. The first-order valence-electron chi connectivity index (χ1n) is 14.4. The second-order valence-electron chi connectivity index (χ2n) is 13.5. The third-order valence-corrected chi connectivity index (χ3v) is 13.0. The molecule has 0 amide bonds.